The summed E-state index contributed by atoms with van der Waals surface area (Å²) in [4.78, 5) is 6.99. The molecule has 0 saturated heterocycles. The summed E-state index contributed by atoms with van der Waals surface area (Å²) in [6, 6.07) is 0.611. The van der Waals surface area contributed by atoms with Crippen LogP contribution in [0.15, 0.2) is 4.99 Å². The minimum atomic E-state index is 0. The zero-order chi connectivity index (χ0) is 18.8. The van der Waals surface area contributed by atoms with Crippen molar-refractivity contribution in [2.75, 3.05) is 59.7 Å². The molecule has 0 aromatic heterocycles. The normalized spacial score (nSPS) is 11.7. The molecule has 0 saturated carbocycles. The number of halogens is 1. The van der Waals surface area contributed by atoms with Crippen molar-refractivity contribution in [1.82, 2.24) is 15.5 Å². The fraction of sp³-hybridized carbons (Fsp3) is 0.947. The second kappa shape index (κ2) is 21.2. The zero-order valence-corrected chi connectivity index (χ0v) is 20.0. The Bertz CT molecular complexity index is 318. The fourth-order valence-electron chi connectivity index (χ4n) is 2.07. The quantitative estimate of drug-likeness (QED) is 0.152. The van der Waals surface area contributed by atoms with E-state index in [1.165, 1.54) is 12.8 Å². The molecular formula is C19H43IN4O2. The number of aliphatic imine (C=N–C) groups is 1. The summed E-state index contributed by atoms with van der Waals surface area (Å²) in [6.07, 6.45) is 4.58. The molecule has 0 rings (SSSR count). The average Bonchev–Trinajstić information content (AvgIpc) is 2.59. The van der Waals surface area contributed by atoms with Gasteiger partial charge in [-0.2, -0.15) is 0 Å². The van der Waals surface area contributed by atoms with E-state index >= 15 is 0 Å². The second-order valence-electron chi connectivity index (χ2n) is 6.55. The minimum absolute atomic E-state index is 0. The molecule has 0 aromatic rings. The van der Waals surface area contributed by atoms with E-state index < -0.39 is 0 Å². The summed E-state index contributed by atoms with van der Waals surface area (Å²) < 4.78 is 11.0. The highest BCUT2D eigenvalue weighted by atomic mass is 127. The number of guanidine groups is 1. The Morgan fingerprint density at radius 3 is 2.27 bits per heavy atom. The first kappa shape index (κ1) is 28.1. The lowest BCUT2D eigenvalue weighted by Gasteiger charge is -2.20. The van der Waals surface area contributed by atoms with Gasteiger partial charge in [0.2, 0.25) is 0 Å². The third-order valence-electron chi connectivity index (χ3n) is 3.97. The summed E-state index contributed by atoms with van der Waals surface area (Å²) in [7, 11) is 2.18. The highest BCUT2D eigenvalue weighted by Gasteiger charge is 2.02. The standard InChI is InChI=1S/C19H42N4O2.HI/c1-6-8-14-24-16-17-25-15-12-22-19(20-7-2)21-11-9-10-13-23(5)18(3)4;/h18H,6-17H2,1-5H3,(H2,20,21,22);1H. The molecule has 158 valence electrons. The molecule has 0 heterocycles. The van der Waals surface area contributed by atoms with Crippen molar-refractivity contribution in [3.8, 4) is 0 Å². The van der Waals surface area contributed by atoms with Crippen LogP contribution in [0.3, 0.4) is 0 Å². The average molecular weight is 486 g/mol. The van der Waals surface area contributed by atoms with Gasteiger partial charge in [0.1, 0.15) is 0 Å². The van der Waals surface area contributed by atoms with Crippen LogP contribution in [0.4, 0.5) is 0 Å². The van der Waals surface area contributed by atoms with Gasteiger partial charge in [-0.1, -0.05) is 13.3 Å². The van der Waals surface area contributed by atoms with E-state index in [9.17, 15) is 0 Å². The lowest BCUT2D eigenvalue weighted by molar-refractivity contribution is 0.0487. The first-order chi connectivity index (χ1) is 12.1. The third-order valence-corrected chi connectivity index (χ3v) is 3.97. The predicted molar refractivity (Wildman–Crippen MR) is 123 cm³/mol. The van der Waals surface area contributed by atoms with E-state index in [2.05, 4.69) is 55.3 Å². The van der Waals surface area contributed by atoms with Crippen molar-refractivity contribution in [3.63, 3.8) is 0 Å². The molecular weight excluding hydrogens is 443 g/mol. The monoisotopic (exact) mass is 486 g/mol. The van der Waals surface area contributed by atoms with Crippen molar-refractivity contribution in [2.45, 2.75) is 59.4 Å². The zero-order valence-electron chi connectivity index (χ0n) is 17.7. The number of unbranched alkanes of at least 4 members (excludes halogenated alkanes) is 2. The number of ether oxygens (including phenoxy) is 2. The number of hydrogen-bond acceptors (Lipinski definition) is 4. The topological polar surface area (TPSA) is 58.1 Å². The van der Waals surface area contributed by atoms with Gasteiger partial charge in [0.25, 0.3) is 0 Å². The van der Waals surface area contributed by atoms with Gasteiger partial charge >= 0.3 is 0 Å². The van der Waals surface area contributed by atoms with Crippen molar-refractivity contribution < 1.29 is 9.47 Å². The third kappa shape index (κ3) is 18.7. The highest BCUT2D eigenvalue weighted by molar-refractivity contribution is 14.0. The van der Waals surface area contributed by atoms with Crippen LogP contribution >= 0.6 is 24.0 Å². The van der Waals surface area contributed by atoms with Crippen molar-refractivity contribution in [3.05, 3.63) is 0 Å². The van der Waals surface area contributed by atoms with E-state index in [4.69, 9.17) is 9.47 Å². The molecule has 26 heavy (non-hydrogen) atoms. The van der Waals surface area contributed by atoms with Crippen LogP contribution in [0.2, 0.25) is 0 Å². The number of rotatable bonds is 16. The van der Waals surface area contributed by atoms with Crippen LogP contribution in [0.1, 0.15) is 53.4 Å². The summed E-state index contributed by atoms with van der Waals surface area (Å²) in [5.41, 5.74) is 0. The largest absolute Gasteiger partial charge is 0.379 e. The van der Waals surface area contributed by atoms with Gasteiger partial charge < -0.3 is 25.0 Å². The first-order valence-corrected chi connectivity index (χ1v) is 9.99. The lowest BCUT2D eigenvalue weighted by Crippen LogP contribution is -2.39. The maximum atomic E-state index is 5.56. The van der Waals surface area contributed by atoms with Crippen LogP contribution in [0, 0.1) is 0 Å². The van der Waals surface area contributed by atoms with Gasteiger partial charge in [-0.15, -0.1) is 24.0 Å². The van der Waals surface area contributed by atoms with Crippen molar-refractivity contribution >= 4 is 29.9 Å². The van der Waals surface area contributed by atoms with Crippen LogP contribution in [0.5, 0.6) is 0 Å². The Kier molecular flexibility index (Phi) is 22.9. The molecule has 0 aliphatic rings. The Labute approximate surface area is 178 Å². The first-order valence-electron chi connectivity index (χ1n) is 9.99. The van der Waals surface area contributed by atoms with Crippen LogP contribution < -0.4 is 10.6 Å². The highest BCUT2D eigenvalue weighted by Crippen LogP contribution is 1.98. The van der Waals surface area contributed by atoms with Crippen molar-refractivity contribution in [2.24, 2.45) is 4.99 Å². The van der Waals surface area contributed by atoms with Gasteiger partial charge in [0, 0.05) is 32.3 Å². The maximum absolute atomic E-state index is 5.56. The van der Waals surface area contributed by atoms with Gasteiger partial charge in [0.05, 0.1) is 19.8 Å². The molecule has 0 bridgehead atoms. The Balaban J connectivity index is 0. The van der Waals surface area contributed by atoms with E-state index in [0.29, 0.717) is 25.9 Å². The number of hydrogen-bond donors (Lipinski definition) is 2. The SMILES string of the molecule is CCCCOCCOCCNC(=NCCCCN(C)C(C)C)NCC.I. The molecule has 0 spiro atoms. The summed E-state index contributed by atoms with van der Waals surface area (Å²) in [6.45, 7) is 15.2. The van der Waals surface area contributed by atoms with Gasteiger partial charge in [-0.25, -0.2) is 0 Å². The van der Waals surface area contributed by atoms with Crippen LogP contribution in [-0.2, 0) is 9.47 Å². The molecule has 0 fully saturated rings. The molecule has 0 atom stereocenters. The molecule has 0 amide bonds. The van der Waals surface area contributed by atoms with E-state index in [1.807, 2.05) is 0 Å². The molecule has 0 unspecified atom stereocenters. The number of nitrogens with one attached hydrogen (secondary N) is 2. The molecule has 2 N–H and O–H groups in total. The number of nitrogens with zero attached hydrogens (tertiary/aromatic N) is 2. The van der Waals surface area contributed by atoms with Crippen LogP contribution in [-0.4, -0.2) is 76.6 Å². The van der Waals surface area contributed by atoms with E-state index in [-0.39, 0.29) is 24.0 Å². The van der Waals surface area contributed by atoms with E-state index in [0.717, 1.165) is 51.6 Å². The summed E-state index contributed by atoms with van der Waals surface area (Å²) >= 11 is 0. The smallest absolute Gasteiger partial charge is 0.191 e. The molecule has 0 radical (unpaired) electrons. The van der Waals surface area contributed by atoms with Gasteiger partial charge in [-0.3, -0.25) is 4.99 Å². The van der Waals surface area contributed by atoms with E-state index in [1.54, 1.807) is 0 Å². The summed E-state index contributed by atoms with van der Waals surface area (Å²) in [5, 5.41) is 6.59. The lowest BCUT2D eigenvalue weighted by atomic mass is 10.2. The Morgan fingerprint density at radius 1 is 0.962 bits per heavy atom. The Morgan fingerprint density at radius 2 is 1.65 bits per heavy atom. The molecule has 7 heteroatoms. The minimum Gasteiger partial charge on any atom is -0.379 e. The van der Waals surface area contributed by atoms with Crippen LogP contribution in [0.25, 0.3) is 0 Å². The summed E-state index contributed by atoms with van der Waals surface area (Å²) in [5.74, 6) is 0.877. The van der Waals surface area contributed by atoms with Crippen molar-refractivity contribution in [1.29, 1.82) is 0 Å². The fourth-order valence-corrected chi connectivity index (χ4v) is 2.07. The predicted octanol–water partition coefficient (Wildman–Crippen LogP) is 3.11. The molecule has 6 nitrogen and oxygen atoms in total. The molecule has 0 aromatic carbocycles. The molecule has 0 aliphatic heterocycles. The second-order valence-corrected chi connectivity index (χ2v) is 6.55. The van der Waals surface area contributed by atoms with Gasteiger partial charge in [-0.05, 0) is 53.6 Å². The Hall–Kier alpha value is -0.120. The van der Waals surface area contributed by atoms with Gasteiger partial charge in [0.15, 0.2) is 5.96 Å². The maximum Gasteiger partial charge on any atom is 0.191 e. The molecule has 0 aliphatic carbocycles.